The van der Waals surface area contributed by atoms with E-state index >= 15 is 0 Å². The number of amidine groups is 1. The molecule has 9 nitrogen and oxygen atoms in total. The van der Waals surface area contributed by atoms with Crippen LogP contribution in [0.1, 0.15) is 34.3 Å². The zero-order valence-corrected chi connectivity index (χ0v) is 21.8. The van der Waals surface area contributed by atoms with Crippen LogP contribution in [0.15, 0.2) is 103 Å². The van der Waals surface area contributed by atoms with Crippen LogP contribution < -0.4 is 25.8 Å². The van der Waals surface area contributed by atoms with Crippen molar-refractivity contribution in [1.82, 2.24) is 5.32 Å². The van der Waals surface area contributed by atoms with Crippen LogP contribution in [-0.4, -0.2) is 29.9 Å². The molecule has 204 valence electrons. The van der Waals surface area contributed by atoms with Crippen molar-refractivity contribution in [2.45, 2.75) is 18.7 Å². The van der Waals surface area contributed by atoms with Gasteiger partial charge in [0, 0.05) is 11.3 Å². The minimum Gasteiger partial charge on any atom is -0.493 e. The molecule has 6 N–H and O–H groups in total. The van der Waals surface area contributed by atoms with Crippen molar-refractivity contribution in [2.24, 2.45) is 5.73 Å². The fraction of sp³-hybridized carbons (Fsp3) is 0.129. The second kappa shape index (κ2) is 13.0. The van der Waals surface area contributed by atoms with Crippen molar-refractivity contribution in [2.75, 3.05) is 12.4 Å². The van der Waals surface area contributed by atoms with Crippen molar-refractivity contribution < 1.29 is 24.2 Å². The first-order chi connectivity index (χ1) is 19.4. The molecule has 0 saturated carbocycles. The number of aliphatic carboxylic acids is 1. The van der Waals surface area contributed by atoms with Gasteiger partial charge in [-0.3, -0.25) is 10.2 Å². The molecular formula is C31H30N4O5. The molecule has 4 rings (SSSR count). The van der Waals surface area contributed by atoms with Crippen LogP contribution in [0.25, 0.3) is 0 Å². The van der Waals surface area contributed by atoms with Crippen molar-refractivity contribution in [3.8, 4) is 11.5 Å². The van der Waals surface area contributed by atoms with Gasteiger partial charge >= 0.3 is 5.97 Å². The first kappa shape index (κ1) is 27.7. The largest absolute Gasteiger partial charge is 0.493 e. The summed E-state index contributed by atoms with van der Waals surface area (Å²) < 4.78 is 11.5. The number of carbonyl (C=O) groups is 2. The molecule has 1 unspecified atom stereocenters. The summed E-state index contributed by atoms with van der Waals surface area (Å²) in [6, 6.07) is 27.7. The van der Waals surface area contributed by atoms with Gasteiger partial charge < -0.3 is 30.9 Å². The second-order valence-electron chi connectivity index (χ2n) is 8.94. The Labute approximate surface area is 232 Å². The normalized spacial score (nSPS) is 12.0. The van der Waals surface area contributed by atoms with E-state index < -0.39 is 24.0 Å². The Kier molecular flexibility index (Phi) is 8.99. The Morgan fingerprint density at radius 2 is 1.50 bits per heavy atom. The molecule has 1 amide bonds. The number of amides is 1. The molecule has 40 heavy (non-hydrogen) atoms. The molecule has 4 aromatic carbocycles. The molecular weight excluding hydrogens is 508 g/mol. The summed E-state index contributed by atoms with van der Waals surface area (Å²) in [5.74, 6) is -0.923. The summed E-state index contributed by atoms with van der Waals surface area (Å²) >= 11 is 0. The Hall–Kier alpha value is -5.31. The number of nitrogens with two attached hydrogens (primary N) is 1. The Morgan fingerprint density at radius 3 is 2.10 bits per heavy atom. The van der Waals surface area contributed by atoms with Crippen molar-refractivity contribution in [3.63, 3.8) is 0 Å². The van der Waals surface area contributed by atoms with E-state index in [1.54, 1.807) is 72.8 Å². The molecule has 9 heteroatoms. The summed E-state index contributed by atoms with van der Waals surface area (Å²) in [7, 11) is 1.51. The maximum atomic E-state index is 13.6. The van der Waals surface area contributed by atoms with E-state index in [4.69, 9.17) is 20.6 Å². The molecule has 2 atom stereocenters. The van der Waals surface area contributed by atoms with Gasteiger partial charge in [0.15, 0.2) is 17.5 Å². The van der Waals surface area contributed by atoms with Gasteiger partial charge in [0.1, 0.15) is 18.5 Å². The average molecular weight is 539 g/mol. The molecule has 0 bridgehead atoms. The van der Waals surface area contributed by atoms with Crippen LogP contribution in [0.4, 0.5) is 5.69 Å². The smallest absolute Gasteiger partial charge is 0.330 e. The Balaban J connectivity index is 1.64. The lowest BCUT2D eigenvalue weighted by atomic mass is 10.0. The van der Waals surface area contributed by atoms with E-state index in [1.807, 2.05) is 30.3 Å². The van der Waals surface area contributed by atoms with Gasteiger partial charge in [-0.25, -0.2) is 4.79 Å². The van der Waals surface area contributed by atoms with E-state index in [0.29, 0.717) is 40.5 Å². The van der Waals surface area contributed by atoms with Crippen LogP contribution >= 0.6 is 0 Å². The molecule has 4 aromatic rings. The minimum absolute atomic E-state index is 0.0798. The van der Waals surface area contributed by atoms with E-state index in [-0.39, 0.29) is 5.84 Å². The molecule has 0 saturated heterocycles. The fourth-order valence-corrected chi connectivity index (χ4v) is 4.09. The van der Waals surface area contributed by atoms with Crippen molar-refractivity contribution in [1.29, 1.82) is 5.41 Å². The van der Waals surface area contributed by atoms with Gasteiger partial charge in [0.05, 0.1) is 7.11 Å². The Bertz CT molecular complexity index is 1460. The summed E-state index contributed by atoms with van der Waals surface area (Å²) in [6.07, 6.45) is 0. The number of carboxylic acids is 1. The van der Waals surface area contributed by atoms with Gasteiger partial charge in [-0.15, -0.1) is 0 Å². The van der Waals surface area contributed by atoms with Crippen LogP contribution in [0.3, 0.4) is 0 Å². The van der Waals surface area contributed by atoms with Gasteiger partial charge in [-0.2, -0.15) is 0 Å². The maximum Gasteiger partial charge on any atom is 0.330 e. The highest BCUT2D eigenvalue weighted by molar-refractivity contribution is 5.95. The molecule has 0 aliphatic rings. The van der Waals surface area contributed by atoms with Gasteiger partial charge in [-0.1, -0.05) is 66.7 Å². The first-order valence-corrected chi connectivity index (χ1v) is 12.5. The second-order valence-corrected chi connectivity index (χ2v) is 8.94. The number of nitrogen functional groups attached to an aromatic ring is 1. The quantitative estimate of drug-likeness (QED) is 0.130. The maximum absolute atomic E-state index is 13.6. The summed E-state index contributed by atoms with van der Waals surface area (Å²) in [4.78, 5) is 25.7. The predicted molar refractivity (Wildman–Crippen MR) is 153 cm³/mol. The number of hydrogen-bond donors (Lipinski definition) is 5. The van der Waals surface area contributed by atoms with Crippen LogP contribution in [-0.2, 0) is 16.2 Å². The zero-order chi connectivity index (χ0) is 28.5. The SMILES string of the molecule is COc1cc([C@H](Nc2ccc(C(=N)N)cc2)C(=O)NC(C(=O)O)c2ccccc2)ccc1OCc1ccccc1. The number of anilines is 1. The number of methoxy groups -OCH3 is 1. The Morgan fingerprint density at radius 1 is 0.850 bits per heavy atom. The summed E-state index contributed by atoms with van der Waals surface area (Å²) in [6.45, 7) is 0.332. The van der Waals surface area contributed by atoms with Crippen molar-refractivity contribution in [3.05, 3.63) is 125 Å². The standard InChI is InChI=1S/C31H30N4O5/c1-39-26-18-23(14-17-25(26)40-19-20-8-4-2-5-9-20)27(34-24-15-12-22(13-16-24)29(32)33)30(36)35-28(31(37)38)21-10-6-3-7-11-21/h2-18,27-28,34H,19H2,1H3,(H3,32,33)(H,35,36)(H,37,38)/t27-,28?/m0/s1. The lowest BCUT2D eigenvalue weighted by Crippen LogP contribution is -2.39. The molecule has 0 radical (unpaired) electrons. The highest BCUT2D eigenvalue weighted by Gasteiger charge is 2.28. The topological polar surface area (TPSA) is 147 Å². The number of carboxylic acid groups (broad SMARTS) is 1. The lowest BCUT2D eigenvalue weighted by Gasteiger charge is -2.24. The number of benzene rings is 4. The van der Waals surface area contributed by atoms with Crippen molar-refractivity contribution >= 4 is 23.4 Å². The fourth-order valence-electron chi connectivity index (χ4n) is 4.09. The van der Waals surface area contributed by atoms with Crippen LogP contribution in [0.2, 0.25) is 0 Å². The molecule has 0 aliphatic carbocycles. The molecule has 0 aliphatic heterocycles. The van der Waals surface area contributed by atoms with E-state index in [2.05, 4.69) is 10.6 Å². The van der Waals surface area contributed by atoms with Crippen LogP contribution in [0, 0.1) is 5.41 Å². The number of nitrogens with one attached hydrogen (secondary N) is 3. The monoisotopic (exact) mass is 538 g/mol. The number of rotatable bonds is 12. The average Bonchev–Trinajstić information content (AvgIpc) is 2.98. The number of carbonyl (C=O) groups excluding carboxylic acids is 1. The zero-order valence-electron chi connectivity index (χ0n) is 21.8. The molecule has 0 spiro atoms. The highest BCUT2D eigenvalue weighted by atomic mass is 16.5. The molecule has 0 fully saturated rings. The first-order valence-electron chi connectivity index (χ1n) is 12.5. The third-order valence-corrected chi connectivity index (χ3v) is 6.19. The highest BCUT2D eigenvalue weighted by Crippen LogP contribution is 2.33. The minimum atomic E-state index is -1.26. The predicted octanol–water partition coefficient (Wildman–Crippen LogP) is 4.65. The summed E-state index contributed by atoms with van der Waals surface area (Å²) in [5.41, 5.74) is 8.62. The third kappa shape index (κ3) is 6.96. The third-order valence-electron chi connectivity index (χ3n) is 6.19. The van der Waals surface area contributed by atoms with E-state index in [9.17, 15) is 14.7 Å². The lowest BCUT2D eigenvalue weighted by molar-refractivity contribution is -0.142. The number of ether oxygens (including phenoxy) is 2. The number of hydrogen-bond acceptors (Lipinski definition) is 6. The van der Waals surface area contributed by atoms with Gasteiger partial charge in [-0.05, 0) is 53.1 Å². The van der Waals surface area contributed by atoms with E-state index in [0.717, 1.165) is 5.56 Å². The van der Waals surface area contributed by atoms with E-state index in [1.165, 1.54) is 7.11 Å². The summed E-state index contributed by atoms with van der Waals surface area (Å²) in [5, 5.41) is 23.3. The van der Waals surface area contributed by atoms with Gasteiger partial charge in [0.25, 0.3) is 0 Å². The van der Waals surface area contributed by atoms with Crippen LogP contribution in [0.5, 0.6) is 11.5 Å². The molecule has 0 aromatic heterocycles. The van der Waals surface area contributed by atoms with Gasteiger partial charge in [0.2, 0.25) is 5.91 Å². The molecule has 0 heterocycles.